The highest BCUT2D eigenvalue weighted by molar-refractivity contribution is 6.06. The van der Waals surface area contributed by atoms with Crippen LogP contribution in [0.15, 0.2) is 95.8 Å². The zero-order valence-electron chi connectivity index (χ0n) is 15.4. The lowest BCUT2D eigenvalue weighted by molar-refractivity contribution is 0.0282. The van der Waals surface area contributed by atoms with Crippen LogP contribution in [-0.4, -0.2) is 16.7 Å². The Morgan fingerprint density at radius 2 is 1.41 bits per heavy atom. The Morgan fingerprint density at radius 1 is 0.793 bits per heavy atom. The highest BCUT2D eigenvalue weighted by atomic mass is 16.5. The third kappa shape index (κ3) is 3.84. The van der Waals surface area contributed by atoms with Gasteiger partial charge in [0.1, 0.15) is 0 Å². The number of ketones is 1. The molecule has 1 N–H and O–H groups in total. The molecular weight excluding hydrogens is 366 g/mol. The zero-order valence-corrected chi connectivity index (χ0v) is 15.4. The maximum atomic E-state index is 13.1. The van der Waals surface area contributed by atoms with Crippen molar-refractivity contribution in [3.63, 3.8) is 0 Å². The molecule has 0 saturated carbocycles. The molecule has 3 aromatic carbocycles. The molecule has 1 aromatic heterocycles. The maximum Gasteiger partial charge on any atom is 0.340 e. The molecule has 0 aliphatic carbocycles. The van der Waals surface area contributed by atoms with Crippen LogP contribution in [0, 0.1) is 0 Å². The second-order valence-corrected chi connectivity index (χ2v) is 6.52. The lowest BCUT2D eigenvalue weighted by Gasteiger charge is -2.18. The molecule has 0 aliphatic rings. The van der Waals surface area contributed by atoms with Crippen molar-refractivity contribution in [3.8, 4) is 0 Å². The third-order valence-electron chi connectivity index (χ3n) is 4.59. The van der Waals surface area contributed by atoms with E-state index in [1.54, 1.807) is 72.8 Å². The first kappa shape index (κ1) is 18.4. The Kier molecular flexibility index (Phi) is 5.03. The normalized spacial score (nSPS) is 11.7. The van der Waals surface area contributed by atoms with Crippen LogP contribution in [0.25, 0.3) is 10.9 Å². The van der Waals surface area contributed by atoms with E-state index in [2.05, 4.69) is 4.98 Å². The fourth-order valence-corrected chi connectivity index (χ4v) is 3.20. The summed E-state index contributed by atoms with van der Waals surface area (Å²) in [4.78, 5) is 40.8. The Labute approximate surface area is 166 Å². The van der Waals surface area contributed by atoms with Crippen molar-refractivity contribution < 1.29 is 14.3 Å². The number of hydrogen-bond donors (Lipinski definition) is 1. The number of rotatable bonds is 5. The molecule has 0 unspecified atom stereocenters. The average Bonchev–Trinajstić information content (AvgIpc) is 2.77. The van der Waals surface area contributed by atoms with Crippen LogP contribution in [0.3, 0.4) is 0 Å². The van der Waals surface area contributed by atoms with Crippen molar-refractivity contribution in [2.45, 2.75) is 6.10 Å². The van der Waals surface area contributed by atoms with E-state index in [-0.39, 0.29) is 11.3 Å². The summed E-state index contributed by atoms with van der Waals surface area (Å²) in [6, 6.07) is 25.6. The highest BCUT2D eigenvalue weighted by Crippen LogP contribution is 2.25. The summed E-state index contributed by atoms with van der Waals surface area (Å²) in [7, 11) is 0. The van der Waals surface area contributed by atoms with Gasteiger partial charge in [0.25, 0.3) is 0 Å². The van der Waals surface area contributed by atoms with Gasteiger partial charge in [-0.1, -0.05) is 78.9 Å². The summed E-state index contributed by atoms with van der Waals surface area (Å²) in [5, 5.41) is 0.552. The molecule has 0 saturated heterocycles. The van der Waals surface area contributed by atoms with E-state index >= 15 is 0 Å². The van der Waals surface area contributed by atoms with Gasteiger partial charge in [0, 0.05) is 28.1 Å². The van der Waals surface area contributed by atoms with Gasteiger partial charge in [-0.05, 0) is 6.07 Å². The van der Waals surface area contributed by atoms with E-state index in [1.807, 2.05) is 12.1 Å². The van der Waals surface area contributed by atoms with Crippen molar-refractivity contribution in [1.82, 2.24) is 4.98 Å². The topological polar surface area (TPSA) is 76.2 Å². The molecule has 0 aliphatic heterocycles. The molecule has 4 aromatic rings. The van der Waals surface area contributed by atoms with Crippen molar-refractivity contribution >= 4 is 22.7 Å². The predicted octanol–water partition coefficient (Wildman–Crippen LogP) is 4.31. The van der Waals surface area contributed by atoms with Crippen LogP contribution in [0.5, 0.6) is 0 Å². The van der Waals surface area contributed by atoms with Crippen molar-refractivity contribution in [1.29, 1.82) is 0 Å². The van der Waals surface area contributed by atoms with Crippen LogP contribution in [0.1, 0.15) is 32.4 Å². The SMILES string of the molecule is O=C(O[C@H](C(=O)c1ccccc1)c1ccccc1)c1cc(=O)[nH]c2ccccc12. The molecule has 0 bridgehead atoms. The van der Waals surface area contributed by atoms with Gasteiger partial charge in [-0.25, -0.2) is 4.79 Å². The minimum absolute atomic E-state index is 0.117. The molecule has 0 amide bonds. The standard InChI is InChI=1S/C24H17NO4/c26-21-15-19(18-13-7-8-14-20(18)25-21)24(28)29-23(17-11-5-2-6-12-17)22(27)16-9-3-1-4-10-16/h1-15,23H,(H,25,26)/t23-/m0/s1. The zero-order chi connectivity index (χ0) is 20.2. The van der Waals surface area contributed by atoms with Gasteiger partial charge in [-0.15, -0.1) is 0 Å². The summed E-state index contributed by atoms with van der Waals surface area (Å²) in [5.41, 5.74) is 1.22. The quantitative estimate of drug-likeness (QED) is 0.412. The second-order valence-electron chi connectivity index (χ2n) is 6.52. The number of para-hydroxylation sites is 1. The van der Waals surface area contributed by atoms with E-state index in [0.717, 1.165) is 0 Å². The first-order valence-corrected chi connectivity index (χ1v) is 9.11. The van der Waals surface area contributed by atoms with Crippen LogP contribution >= 0.6 is 0 Å². The lowest BCUT2D eigenvalue weighted by Crippen LogP contribution is -2.21. The number of Topliss-reactive ketones (excluding diaryl/α,β-unsaturated/α-hetero) is 1. The fourth-order valence-electron chi connectivity index (χ4n) is 3.20. The monoisotopic (exact) mass is 383 g/mol. The summed E-state index contributed by atoms with van der Waals surface area (Å²) in [6.45, 7) is 0. The molecular formula is C24H17NO4. The van der Waals surface area contributed by atoms with E-state index in [9.17, 15) is 14.4 Å². The number of benzene rings is 3. The maximum absolute atomic E-state index is 13.1. The van der Waals surface area contributed by atoms with E-state index in [1.165, 1.54) is 6.07 Å². The van der Waals surface area contributed by atoms with Crippen molar-refractivity contribution in [2.75, 3.05) is 0 Å². The number of fused-ring (bicyclic) bond motifs is 1. The van der Waals surface area contributed by atoms with Crippen LogP contribution in [0.2, 0.25) is 0 Å². The van der Waals surface area contributed by atoms with Gasteiger partial charge in [-0.2, -0.15) is 0 Å². The Balaban J connectivity index is 1.75. The van der Waals surface area contributed by atoms with Gasteiger partial charge in [0.2, 0.25) is 11.3 Å². The number of ether oxygens (including phenoxy) is 1. The smallest absolute Gasteiger partial charge is 0.340 e. The summed E-state index contributed by atoms with van der Waals surface area (Å²) < 4.78 is 5.66. The van der Waals surface area contributed by atoms with Gasteiger partial charge in [0.15, 0.2) is 6.10 Å². The molecule has 1 atom stereocenters. The van der Waals surface area contributed by atoms with Crippen molar-refractivity contribution in [3.05, 3.63) is 118 Å². The minimum Gasteiger partial charge on any atom is -0.445 e. The molecule has 0 radical (unpaired) electrons. The molecule has 0 fully saturated rings. The van der Waals surface area contributed by atoms with Crippen LogP contribution in [0.4, 0.5) is 0 Å². The second kappa shape index (κ2) is 7.94. The number of H-pyrrole nitrogens is 1. The number of carbonyl (C=O) groups excluding carboxylic acids is 2. The Hall–Kier alpha value is -3.99. The summed E-state index contributed by atoms with van der Waals surface area (Å²) in [5.74, 6) is -1.07. The number of hydrogen-bond acceptors (Lipinski definition) is 4. The summed E-state index contributed by atoms with van der Waals surface area (Å²) in [6.07, 6.45) is -1.12. The van der Waals surface area contributed by atoms with E-state index in [0.29, 0.717) is 22.0 Å². The number of aromatic nitrogens is 1. The van der Waals surface area contributed by atoms with Gasteiger partial charge in [-0.3, -0.25) is 9.59 Å². The number of pyridine rings is 1. The first-order chi connectivity index (χ1) is 14.1. The molecule has 0 spiro atoms. The predicted molar refractivity (Wildman–Crippen MR) is 110 cm³/mol. The third-order valence-corrected chi connectivity index (χ3v) is 4.59. The van der Waals surface area contributed by atoms with Gasteiger partial charge >= 0.3 is 5.97 Å². The molecule has 5 heteroatoms. The summed E-state index contributed by atoms with van der Waals surface area (Å²) >= 11 is 0. The number of aromatic amines is 1. The van der Waals surface area contributed by atoms with Crippen LogP contribution < -0.4 is 5.56 Å². The lowest BCUT2D eigenvalue weighted by atomic mass is 9.99. The van der Waals surface area contributed by atoms with Gasteiger partial charge in [0.05, 0.1) is 5.56 Å². The molecule has 5 nitrogen and oxygen atoms in total. The van der Waals surface area contributed by atoms with Gasteiger partial charge < -0.3 is 9.72 Å². The molecule has 4 rings (SSSR count). The minimum atomic E-state index is -1.12. The van der Waals surface area contributed by atoms with E-state index < -0.39 is 17.6 Å². The fraction of sp³-hybridized carbons (Fsp3) is 0.0417. The highest BCUT2D eigenvalue weighted by Gasteiger charge is 2.27. The number of carbonyl (C=O) groups is 2. The first-order valence-electron chi connectivity index (χ1n) is 9.11. The Bertz CT molecular complexity index is 1230. The average molecular weight is 383 g/mol. The largest absolute Gasteiger partial charge is 0.445 e. The number of esters is 1. The number of nitrogens with one attached hydrogen (secondary N) is 1. The molecule has 1 heterocycles. The molecule has 142 valence electrons. The Morgan fingerprint density at radius 3 is 2.14 bits per heavy atom. The van der Waals surface area contributed by atoms with E-state index in [4.69, 9.17) is 4.74 Å². The van der Waals surface area contributed by atoms with Crippen LogP contribution in [-0.2, 0) is 4.74 Å². The molecule has 29 heavy (non-hydrogen) atoms. The van der Waals surface area contributed by atoms with Crippen molar-refractivity contribution in [2.24, 2.45) is 0 Å².